The lowest BCUT2D eigenvalue weighted by atomic mass is 10.1. The molecule has 0 radical (unpaired) electrons. The third kappa shape index (κ3) is 5.43. The summed E-state index contributed by atoms with van der Waals surface area (Å²) in [5.41, 5.74) is 8.54. The molecule has 0 atom stereocenters. The molecule has 3 N–H and O–H groups in total. The average molecular weight is 383 g/mol. The van der Waals surface area contributed by atoms with E-state index in [1.165, 1.54) is 5.56 Å². The summed E-state index contributed by atoms with van der Waals surface area (Å²) in [7, 11) is 0. The predicted octanol–water partition coefficient (Wildman–Crippen LogP) is 3.61. The predicted molar refractivity (Wildman–Crippen MR) is 107 cm³/mol. The van der Waals surface area contributed by atoms with Crippen molar-refractivity contribution < 1.29 is 9.53 Å². The molecule has 3 rings (SSSR count). The van der Waals surface area contributed by atoms with Crippen LogP contribution in [0.2, 0.25) is 5.02 Å². The number of ether oxygens (including phenoxy) is 1. The molecule has 0 aliphatic heterocycles. The van der Waals surface area contributed by atoms with Gasteiger partial charge in [0.2, 0.25) is 5.95 Å². The Kier molecular flexibility index (Phi) is 6.22. The van der Waals surface area contributed by atoms with Crippen molar-refractivity contribution in [2.75, 3.05) is 24.2 Å². The third-order valence-corrected chi connectivity index (χ3v) is 4.08. The molecule has 27 heavy (non-hydrogen) atoms. The Labute approximate surface area is 162 Å². The van der Waals surface area contributed by atoms with Crippen LogP contribution in [0.4, 0.5) is 11.8 Å². The highest BCUT2D eigenvalue weighted by atomic mass is 35.5. The quantitative estimate of drug-likeness (QED) is 0.578. The first-order valence-corrected chi connectivity index (χ1v) is 8.81. The lowest BCUT2D eigenvalue weighted by molar-refractivity contribution is -0.109. The van der Waals surface area contributed by atoms with Crippen LogP contribution in [0.3, 0.4) is 0 Å². The highest BCUT2D eigenvalue weighted by Crippen LogP contribution is 2.24. The van der Waals surface area contributed by atoms with Gasteiger partial charge in [0.15, 0.2) is 6.29 Å². The molecular weight excluding hydrogens is 364 g/mol. The summed E-state index contributed by atoms with van der Waals surface area (Å²) in [5, 5.41) is 3.99. The van der Waals surface area contributed by atoms with E-state index in [1.54, 1.807) is 6.07 Å². The van der Waals surface area contributed by atoms with Gasteiger partial charge in [-0.1, -0.05) is 35.9 Å². The number of rotatable bonds is 8. The fraction of sp³-hybridized carbons (Fsp3) is 0.150. The number of aromatic nitrogens is 2. The van der Waals surface area contributed by atoms with E-state index in [2.05, 4.69) is 15.3 Å². The maximum atomic E-state index is 10.5. The van der Waals surface area contributed by atoms with Crippen molar-refractivity contribution in [3.8, 4) is 17.0 Å². The second-order valence-corrected chi connectivity index (χ2v) is 6.24. The number of carbonyl (C=O) groups is 1. The van der Waals surface area contributed by atoms with E-state index in [4.69, 9.17) is 22.1 Å². The molecule has 138 valence electrons. The number of nitrogens with two attached hydrogens (primary N) is 1. The van der Waals surface area contributed by atoms with Gasteiger partial charge in [-0.15, -0.1) is 0 Å². The Balaban J connectivity index is 1.70. The van der Waals surface area contributed by atoms with Crippen molar-refractivity contribution in [2.45, 2.75) is 6.42 Å². The summed E-state index contributed by atoms with van der Waals surface area (Å²) in [6, 6.07) is 16.9. The molecule has 1 heterocycles. The fourth-order valence-electron chi connectivity index (χ4n) is 2.57. The number of aldehydes is 1. The number of hydrogen-bond acceptors (Lipinski definition) is 6. The van der Waals surface area contributed by atoms with Crippen LogP contribution in [0.5, 0.6) is 5.75 Å². The van der Waals surface area contributed by atoms with Crippen LogP contribution in [0.25, 0.3) is 11.3 Å². The standard InChI is InChI=1S/C20H19ClN4O2/c21-16-6-4-14(5-7-16)8-9-23-19-13-18(24-20(22)25-19)15-2-1-3-17(12-15)27-11-10-26/h1-7,10,12-13H,8-9,11H2,(H3,22,23,24,25). The number of halogens is 1. The Hall–Kier alpha value is -3.12. The summed E-state index contributed by atoms with van der Waals surface area (Å²) in [4.78, 5) is 19.0. The maximum absolute atomic E-state index is 10.5. The molecule has 1 aromatic heterocycles. The Morgan fingerprint density at radius 1 is 1.11 bits per heavy atom. The zero-order chi connectivity index (χ0) is 19.1. The smallest absolute Gasteiger partial charge is 0.222 e. The number of hydrogen-bond donors (Lipinski definition) is 2. The van der Waals surface area contributed by atoms with E-state index in [-0.39, 0.29) is 12.6 Å². The average Bonchev–Trinajstić information content (AvgIpc) is 2.68. The first kappa shape index (κ1) is 18.7. The molecule has 0 saturated heterocycles. The maximum Gasteiger partial charge on any atom is 0.222 e. The Bertz CT molecular complexity index is 916. The van der Waals surface area contributed by atoms with Crippen LogP contribution in [0.15, 0.2) is 54.6 Å². The van der Waals surface area contributed by atoms with Crippen molar-refractivity contribution in [1.29, 1.82) is 0 Å². The Morgan fingerprint density at radius 2 is 1.93 bits per heavy atom. The molecule has 0 aliphatic carbocycles. The summed E-state index contributed by atoms with van der Waals surface area (Å²) in [6.07, 6.45) is 1.53. The summed E-state index contributed by atoms with van der Waals surface area (Å²) in [5.74, 6) is 1.42. The van der Waals surface area contributed by atoms with Gasteiger partial charge in [-0.2, -0.15) is 4.98 Å². The molecule has 2 aromatic carbocycles. The van der Waals surface area contributed by atoms with Gasteiger partial charge >= 0.3 is 0 Å². The molecule has 3 aromatic rings. The van der Waals surface area contributed by atoms with Gasteiger partial charge in [-0.05, 0) is 36.2 Å². The molecule has 0 aliphatic rings. The van der Waals surface area contributed by atoms with Gasteiger partial charge in [-0.3, -0.25) is 4.79 Å². The van der Waals surface area contributed by atoms with E-state index in [1.807, 2.05) is 48.5 Å². The lowest BCUT2D eigenvalue weighted by Gasteiger charge is -2.10. The highest BCUT2D eigenvalue weighted by Gasteiger charge is 2.06. The minimum absolute atomic E-state index is 0.00682. The van der Waals surface area contributed by atoms with Crippen molar-refractivity contribution in [3.63, 3.8) is 0 Å². The van der Waals surface area contributed by atoms with E-state index in [0.29, 0.717) is 30.1 Å². The number of nitrogens with one attached hydrogen (secondary N) is 1. The second kappa shape index (κ2) is 9.00. The van der Waals surface area contributed by atoms with E-state index >= 15 is 0 Å². The Morgan fingerprint density at radius 3 is 2.70 bits per heavy atom. The summed E-state index contributed by atoms with van der Waals surface area (Å²) < 4.78 is 5.33. The van der Waals surface area contributed by atoms with Crippen LogP contribution >= 0.6 is 11.6 Å². The van der Waals surface area contributed by atoms with Crippen LogP contribution in [0, 0.1) is 0 Å². The molecule has 0 unspecified atom stereocenters. The van der Waals surface area contributed by atoms with Crippen molar-refractivity contribution in [2.24, 2.45) is 0 Å². The zero-order valence-corrected chi connectivity index (χ0v) is 15.3. The minimum Gasteiger partial charge on any atom is -0.486 e. The monoisotopic (exact) mass is 382 g/mol. The van der Waals surface area contributed by atoms with Crippen molar-refractivity contribution in [3.05, 3.63) is 65.2 Å². The van der Waals surface area contributed by atoms with E-state index < -0.39 is 0 Å². The molecule has 0 amide bonds. The van der Waals surface area contributed by atoms with Crippen LogP contribution in [0.1, 0.15) is 5.56 Å². The molecular formula is C20H19ClN4O2. The van der Waals surface area contributed by atoms with Gasteiger partial charge in [0.1, 0.15) is 18.2 Å². The molecule has 0 fully saturated rings. The number of carbonyl (C=O) groups excluding carboxylic acids is 1. The largest absolute Gasteiger partial charge is 0.486 e. The number of nitrogens with zero attached hydrogens (tertiary/aromatic N) is 2. The fourth-order valence-corrected chi connectivity index (χ4v) is 2.69. The van der Waals surface area contributed by atoms with Crippen LogP contribution in [-0.2, 0) is 11.2 Å². The number of nitrogen functional groups attached to an aromatic ring is 1. The molecule has 7 heteroatoms. The van der Waals surface area contributed by atoms with Crippen molar-refractivity contribution >= 4 is 29.7 Å². The minimum atomic E-state index is 0.00682. The third-order valence-electron chi connectivity index (χ3n) is 3.82. The van der Waals surface area contributed by atoms with Crippen LogP contribution < -0.4 is 15.8 Å². The van der Waals surface area contributed by atoms with Gasteiger partial charge < -0.3 is 15.8 Å². The van der Waals surface area contributed by atoms with Crippen LogP contribution in [-0.4, -0.2) is 29.4 Å². The van der Waals surface area contributed by atoms with E-state index in [9.17, 15) is 4.79 Å². The van der Waals surface area contributed by atoms with Gasteiger partial charge in [0, 0.05) is 23.2 Å². The number of anilines is 2. The second-order valence-electron chi connectivity index (χ2n) is 5.81. The normalized spacial score (nSPS) is 10.4. The van der Waals surface area contributed by atoms with Gasteiger partial charge in [0.05, 0.1) is 5.69 Å². The first-order valence-electron chi connectivity index (χ1n) is 8.44. The lowest BCUT2D eigenvalue weighted by Crippen LogP contribution is -2.08. The first-order chi connectivity index (χ1) is 13.1. The molecule has 0 bridgehead atoms. The van der Waals surface area contributed by atoms with Gasteiger partial charge in [-0.25, -0.2) is 4.98 Å². The summed E-state index contributed by atoms with van der Waals surface area (Å²) in [6.45, 7) is 0.701. The van der Waals surface area contributed by atoms with E-state index in [0.717, 1.165) is 17.0 Å². The van der Waals surface area contributed by atoms with Crippen molar-refractivity contribution in [1.82, 2.24) is 9.97 Å². The topological polar surface area (TPSA) is 90.1 Å². The number of benzene rings is 2. The highest BCUT2D eigenvalue weighted by molar-refractivity contribution is 6.30. The molecule has 0 saturated carbocycles. The zero-order valence-electron chi connectivity index (χ0n) is 14.6. The SMILES string of the molecule is Nc1nc(NCCc2ccc(Cl)cc2)cc(-c2cccc(OCC=O)c2)n1. The van der Waals surface area contributed by atoms with Gasteiger partial charge in [0.25, 0.3) is 0 Å². The summed E-state index contributed by atoms with van der Waals surface area (Å²) >= 11 is 5.90. The molecule has 6 nitrogen and oxygen atoms in total. The molecule has 0 spiro atoms.